The number of rotatable bonds is 11. The van der Waals surface area contributed by atoms with E-state index in [1.165, 1.54) is 41.2 Å². The molecule has 0 saturated heterocycles. The summed E-state index contributed by atoms with van der Waals surface area (Å²) in [4.78, 5) is 28.4. The lowest BCUT2D eigenvalue weighted by Crippen LogP contribution is -2.30. The smallest absolute Gasteiger partial charge is 0.296 e. The highest BCUT2D eigenvalue weighted by Gasteiger charge is 2.45. The van der Waals surface area contributed by atoms with E-state index in [0.29, 0.717) is 38.8 Å². The van der Waals surface area contributed by atoms with Crippen LogP contribution in [-0.4, -0.2) is 40.7 Å². The van der Waals surface area contributed by atoms with Gasteiger partial charge in [0.15, 0.2) is 27.4 Å². The van der Waals surface area contributed by atoms with Gasteiger partial charge < -0.3 is 14.6 Å². The van der Waals surface area contributed by atoms with Crippen LogP contribution in [0.2, 0.25) is 5.02 Å². The van der Waals surface area contributed by atoms with E-state index in [4.69, 9.17) is 21.1 Å². The summed E-state index contributed by atoms with van der Waals surface area (Å²) in [7, 11) is 1.51. The van der Waals surface area contributed by atoms with E-state index >= 15 is 0 Å². The molecule has 0 bridgehead atoms. The van der Waals surface area contributed by atoms with E-state index in [1.807, 2.05) is 61.5 Å². The van der Waals surface area contributed by atoms with Gasteiger partial charge in [-0.15, -0.1) is 10.2 Å². The maximum Gasteiger partial charge on any atom is 0.296 e. The van der Waals surface area contributed by atoms with Crippen LogP contribution >= 0.6 is 34.7 Å². The van der Waals surface area contributed by atoms with Crippen molar-refractivity contribution < 1.29 is 24.2 Å². The number of carbonyl (C=O) groups is 2. The van der Waals surface area contributed by atoms with Gasteiger partial charge in [0.05, 0.1) is 25.3 Å². The molecule has 8 nitrogen and oxygen atoms in total. The first-order chi connectivity index (χ1) is 20.4. The number of ketones is 1. The number of hydrogen-bond donors (Lipinski definition) is 1. The predicted molar refractivity (Wildman–Crippen MR) is 165 cm³/mol. The highest BCUT2D eigenvalue weighted by atomic mass is 35.5. The van der Waals surface area contributed by atoms with Gasteiger partial charge in [-0.1, -0.05) is 89.3 Å². The molecule has 1 atom stereocenters. The number of amides is 1. The SMILES string of the molecule is CCOc1ccc(C2C(C(=O)C=Cc3ccccc3)=C(O)C(=O)N2c2nnc(SCc3ccc(Cl)cc3)s2)cc1OC. The Morgan fingerprint density at radius 3 is 2.57 bits per heavy atom. The van der Waals surface area contributed by atoms with Gasteiger partial charge in [-0.05, 0) is 54.0 Å². The normalized spacial score (nSPS) is 15.1. The Hall–Kier alpha value is -4.12. The number of allylic oxidation sites excluding steroid dienone is 1. The molecule has 42 heavy (non-hydrogen) atoms. The summed E-state index contributed by atoms with van der Waals surface area (Å²) in [5, 5.41) is 20.5. The second kappa shape index (κ2) is 13.2. The maximum atomic E-state index is 13.6. The summed E-state index contributed by atoms with van der Waals surface area (Å²) in [5.74, 6) is -0.322. The van der Waals surface area contributed by atoms with E-state index in [0.717, 1.165) is 11.1 Å². The molecule has 1 N–H and O–H groups in total. The largest absolute Gasteiger partial charge is 0.503 e. The number of aliphatic hydroxyl groups is 1. The average Bonchev–Trinajstić information content (AvgIpc) is 3.58. The molecular weight excluding hydrogens is 594 g/mol. The third-order valence-corrected chi connectivity index (χ3v) is 8.76. The molecule has 4 aromatic rings. The van der Waals surface area contributed by atoms with Gasteiger partial charge in [-0.2, -0.15) is 0 Å². The molecular formula is C31H26ClN3O5S2. The van der Waals surface area contributed by atoms with Crippen LogP contribution in [0.15, 0.2) is 94.5 Å². The molecule has 214 valence electrons. The van der Waals surface area contributed by atoms with Crippen LogP contribution in [0.5, 0.6) is 11.5 Å². The first-order valence-corrected chi connectivity index (χ1v) is 15.1. The Morgan fingerprint density at radius 2 is 1.86 bits per heavy atom. The molecule has 1 amide bonds. The zero-order chi connectivity index (χ0) is 29.6. The Kier molecular flexibility index (Phi) is 9.26. The van der Waals surface area contributed by atoms with Crippen LogP contribution in [0, 0.1) is 0 Å². The van der Waals surface area contributed by atoms with Gasteiger partial charge >= 0.3 is 0 Å². The number of aromatic nitrogens is 2. The van der Waals surface area contributed by atoms with Crippen molar-refractivity contribution in [1.29, 1.82) is 0 Å². The molecule has 0 saturated carbocycles. The fraction of sp³-hybridized carbons (Fsp3) is 0.161. The van der Waals surface area contributed by atoms with Gasteiger partial charge in [-0.25, -0.2) is 0 Å². The van der Waals surface area contributed by atoms with Gasteiger partial charge in [-0.3, -0.25) is 14.5 Å². The molecule has 1 unspecified atom stereocenters. The second-order valence-corrected chi connectivity index (χ2v) is 11.7. The number of aliphatic hydroxyl groups excluding tert-OH is 1. The minimum Gasteiger partial charge on any atom is -0.503 e. The van der Waals surface area contributed by atoms with Crippen LogP contribution in [0.1, 0.15) is 29.7 Å². The van der Waals surface area contributed by atoms with Crippen molar-refractivity contribution in [3.63, 3.8) is 0 Å². The van der Waals surface area contributed by atoms with Crippen molar-refractivity contribution in [3.8, 4) is 11.5 Å². The lowest BCUT2D eigenvalue weighted by molar-refractivity contribution is -0.117. The zero-order valence-electron chi connectivity index (χ0n) is 22.7. The molecule has 1 aliphatic heterocycles. The minimum absolute atomic E-state index is 0.0658. The molecule has 2 heterocycles. The molecule has 0 fully saturated rings. The summed E-state index contributed by atoms with van der Waals surface area (Å²) in [6.07, 6.45) is 2.99. The van der Waals surface area contributed by atoms with Gasteiger partial charge in [0.1, 0.15) is 0 Å². The number of anilines is 1. The number of carbonyl (C=O) groups excluding carboxylic acids is 2. The van der Waals surface area contributed by atoms with Crippen LogP contribution < -0.4 is 14.4 Å². The number of ether oxygens (including phenoxy) is 2. The van der Waals surface area contributed by atoms with Crippen molar-refractivity contribution in [2.75, 3.05) is 18.6 Å². The van der Waals surface area contributed by atoms with Crippen LogP contribution in [-0.2, 0) is 15.3 Å². The minimum atomic E-state index is -0.975. The quantitative estimate of drug-likeness (QED) is 0.108. The molecule has 0 radical (unpaired) electrons. The molecule has 0 aliphatic carbocycles. The fourth-order valence-electron chi connectivity index (χ4n) is 4.41. The van der Waals surface area contributed by atoms with Crippen molar-refractivity contribution in [2.45, 2.75) is 23.1 Å². The third-order valence-electron chi connectivity index (χ3n) is 6.38. The first-order valence-electron chi connectivity index (χ1n) is 12.9. The van der Waals surface area contributed by atoms with Gasteiger partial charge in [0.2, 0.25) is 5.13 Å². The van der Waals surface area contributed by atoms with E-state index in [1.54, 1.807) is 24.3 Å². The number of methoxy groups -OCH3 is 1. The molecule has 5 rings (SSSR count). The molecule has 11 heteroatoms. The lowest BCUT2D eigenvalue weighted by atomic mass is 9.95. The van der Waals surface area contributed by atoms with Crippen molar-refractivity contribution in [1.82, 2.24) is 10.2 Å². The Bertz CT molecular complexity index is 1650. The van der Waals surface area contributed by atoms with Crippen molar-refractivity contribution in [3.05, 3.63) is 112 Å². The monoisotopic (exact) mass is 619 g/mol. The Balaban J connectivity index is 1.50. The number of benzene rings is 3. The lowest BCUT2D eigenvalue weighted by Gasteiger charge is -2.24. The zero-order valence-corrected chi connectivity index (χ0v) is 25.1. The average molecular weight is 620 g/mol. The summed E-state index contributed by atoms with van der Waals surface area (Å²) in [5.41, 5.74) is 2.33. The summed E-state index contributed by atoms with van der Waals surface area (Å²) in [6.45, 7) is 2.29. The van der Waals surface area contributed by atoms with E-state index in [-0.39, 0.29) is 10.7 Å². The summed E-state index contributed by atoms with van der Waals surface area (Å²) >= 11 is 8.65. The summed E-state index contributed by atoms with van der Waals surface area (Å²) in [6, 6.07) is 21.0. The number of nitrogens with zero attached hydrogens (tertiary/aromatic N) is 3. The highest BCUT2D eigenvalue weighted by molar-refractivity contribution is 8.00. The van der Waals surface area contributed by atoms with E-state index in [9.17, 15) is 14.7 Å². The molecule has 1 aromatic heterocycles. The molecule has 1 aliphatic rings. The fourth-order valence-corrected chi connectivity index (χ4v) is 6.36. The third kappa shape index (κ3) is 6.35. The second-order valence-electron chi connectivity index (χ2n) is 9.06. The predicted octanol–water partition coefficient (Wildman–Crippen LogP) is 7.07. The topological polar surface area (TPSA) is 102 Å². The Morgan fingerprint density at radius 1 is 1.10 bits per heavy atom. The van der Waals surface area contributed by atoms with Crippen LogP contribution in [0.4, 0.5) is 5.13 Å². The number of hydrogen-bond acceptors (Lipinski definition) is 9. The number of halogens is 1. The van der Waals surface area contributed by atoms with Gasteiger partial charge in [0.25, 0.3) is 5.91 Å². The van der Waals surface area contributed by atoms with Crippen molar-refractivity contribution in [2.24, 2.45) is 0 Å². The van der Waals surface area contributed by atoms with E-state index in [2.05, 4.69) is 10.2 Å². The number of thioether (sulfide) groups is 1. The Labute approximate surface area is 256 Å². The maximum absolute atomic E-state index is 13.6. The van der Waals surface area contributed by atoms with Crippen LogP contribution in [0.3, 0.4) is 0 Å². The van der Waals surface area contributed by atoms with Crippen LogP contribution in [0.25, 0.3) is 6.08 Å². The van der Waals surface area contributed by atoms with Crippen molar-refractivity contribution >= 4 is 57.6 Å². The highest BCUT2D eigenvalue weighted by Crippen LogP contribution is 2.45. The standard InChI is InChI=1S/C31H26ClN3O5S2/c1-3-40-24-16-12-21(17-25(24)39-2)27-26(23(36)15-11-19-7-5-4-6-8-19)28(37)29(38)35(27)30-33-34-31(42-30)41-18-20-9-13-22(32)14-10-20/h4-17,27,37H,3,18H2,1-2H3. The first kappa shape index (κ1) is 29.4. The van der Waals surface area contributed by atoms with E-state index < -0.39 is 23.5 Å². The summed E-state index contributed by atoms with van der Waals surface area (Å²) < 4.78 is 11.8. The van der Waals surface area contributed by atoms with Gasteiger partial charge in [0, 0.05) is 10.8 Å². The molecule has 3 aromatic carbocycles. The molecule has 0 spiro atoms.